The second-order valence-electron chi connectivity index (χ2n) is 26.0. The van der Waals surface area contributed by atoms with E-state index in [1.165, 1.54) is 78.0 Å². The molecule has 0 amide bonds. The van der Waals surface area contributed by atoms with E-state index < -0.39 is 0 Å². The lowest BCUT2D eigenvalue weighted by molar-refractivity contribution is 0.590. The van der Waals surface area contributed by atoms with Gasteiger partial charge in [0, 0.05) is 45.0 Å². The van der Waals surface area contributed by atoms with E-state index in [9.17, 15) is 0 Å². The molecular weight excluding hydrogens is 1070 g/mol. The molecule has 0 spiro atoms. The van der Waals surface area contributed by atoms with Crippen molar-refractivity contribution < 1.29 is 0 Å². The molecule has 89 heavy (non-hydrogen) atoms. The monoisotopic (exact) mass is 1140 g/mol. The van der Waals surface area contributed by atoms with E-state index in [4.69, 9.17) is 0 Å². The van der Waals surface area contributed by atoms with Gasteiger partial charge in [0.05, 0.1) is 11.4 Å². The van der Waals surface area contributed by atoms with Gasteiger partial charge in [0.1, 0.15) is 0 Å². The molecule has 0 bridgehead atoms. The Balaban J connectivity index is 1.16. The summed E-state index contributed by atoms with van der Waals surface area (Å²) in [4.78, 5) is 5.41. The van der Waals surface area contributed by atoms with E-state index in [1.54, 1.807) is 0 Å². The maximum atomic E-state index is 2.72. The van der Waals surface area contributed by atoms with Gasteiger partial charge >= 0.3 is 0 Å². The van der Waals surface area contributed by atoms with E-state index in [0.29, 0.717) is 0 Å². The molecule has 2 aliphatic rings. The summed E-state index contributed by atoms with van der Waals surface area (Å²) in [5.41, 5.74) is 31.4. The molecule has 13 aromatic rings. The first-order valence-electron chi connectivity index (χ1n) is 31.3. The summed E-state index contributed by atoms with van der Waals surface area (Å²) in [6, 6.07) is 116. The third-order valence-electron chi connectivity index (χ3n) is 18.3. The summed E-state index contributed by atoms with van der Waals surface area (Å²) in [6.45, 7) is 14.1. The van der Waals surface area contributed by atoms with Crippen molar-refractivity contribution in [1.29, 1.82) is 0 Å². The fourth-order valence-electron chi connectivity index (χ4n) is 13.9. The third-order valence-corrected chi connectivity index (χ3v) is 18.3. The summed E-state index contributed by atoms with van der Waals surface area (Å²) in [7, 11) is 0. The Morgan fingerprint density at radius 3 is 0.899 bits per heavy atom. The standard InChI is InChI=1S/C86H69BN2/c1-85(2,3)69-54-80-82-81(55-69)89(84-73(64-43-27-13-28-44-64)51-68(60-35-19-9-20-36-60)52-74(84)65-45-29-14-30-46-65)79-57-75(86(4,5)6)70(61-37-21-10-22-38-61)56-77(79)87(82)76-53-66(58-31-15-7-16-32-58)47-48-78(76)88(80)83-71(62-39-23-11-24-40-62)49-67(59-33-17-8-18-34-59)50-72(83)63-41-25-12-26-42-63/h7-57H,1-6H3. The minimum atomic E-state index is -0.285. The van der Waals surface area contributed by atoms with Gasteiger partial charge in [-0.3, -0.25) is 0 Å². The Labute approximate surface area is 525 Å². The largest absolute Gasteiger partial charge is 0.310 e. The van der Waals surface area contributed by atoms with Gasteiger partial charge in [-0.1, -0.05) is 302 Å². The molecule has 426 valence electrons. The molecule has 13 aromatic carbocycles. The molecule has 0 radical (unpaired) electrons. The minimum absolute atomic E-state index is 0.209. The van der Waals surface area contributed by atoms with E-state index >= 15 is 0 Å². The molecular formula is C86H69BN2. The summed E-state index contributed by atoms with van der Waals surface area (Å²) < 4.78 is 0. The Morgan fingerprint density at radius 2 is 0.551 bits per heavy atom. The number of anilines is 6. The second-order valence-corrected chi connectivity index (χ2v) is 26.0. The summed E-state index contributed by atoms with van der Waals surface area (Å²) in [5.74, 6) is 0. The maximum absolute atomic E-state index is 2.72. The Hall–Kier alpha value is -10.5. The Morgan fingerprint density at radius 1 is 0.236 bits per heavy atom. The summed E-state index contributed by atoms with van der Waals surface area (Å²) in [6.07, 6.45) is 0. The van der Waals surface area contributed by atoms with Crippen LogP contribution in [0.3, 0.4) is 0 Å². The molecule has 0 aromatic heterocycles. The van der Waals surface area contributed by atoms with Crippen LogP contribution in [0, 0.1) is 0 Å². The molecule has 0 aliphatic carbocycles. The molecule has 0 saturated carbocycles. The second kappa shape index (κ2) is 22.3. The zero-order chi connectivity index (χ0) is 60.4. The molecule has 2 heterocycles. The molecule has 0 N–H and O–H groups in total. The van der Waals surface area contributed by atoms with Gasteiger partial charge in [-0.2, -0.15) is 0 Å². The van der Waals surface area contributed by atoms with Crippen molar-refractivity contribution in [2.75, 3.05) is 9.80 Å². The highest BCUT2D eigenvalue weighted by atomic mass is 15.2. The average Bonchev–Trinajstić information content (AvgIpc) is 0.698. The first kappa shape index (κ1) is 55.1. The quantitative estimate of drug-likeness (QED) is 0.126. The predicted molar refractivity (Wildman–Crippen MR) is 381 cm³/mol. The molecule has 15 rings (SSSR count). The van der Waals surface area contributed by atoms with Crippen molar-refractivity contribution in [3.05, 3.63) is 321 Å². The van der Waals surface area contributed by atoms with Crippen LogP contribution in [0.15, 0.2) is 309 Å². The number of hydrogen-bond donors (Lipinski definition) is 0. The van der Waals surface area contributed by atoms with Gasteiger partial charge in [0.2, 0.25) is 0 Å². The molecule has 0 atom stereocenters. The van der Waals surface area contributed by atoms with Gasteiger partial charge in [0.25, 0.3) is 6.71 Å². The van der Waals surface area contributed by atoms with Crippen molar-refractivity contribution in [3.8, 4) is 89.0 Å². The van der Waals surface area contributed by atoms with E-state index in [2.05, 4.69) is 361 Å². The van der Waals surface area contributed by atoms with Crippen LogP contribution in [0.4, 0.5) is 34.1 Å². The normalized spacial score (nSPS) is 12.5. The van der Waals surface area contributed by atoms with Gasteiger partial charge in [0.15, 0.2) is 0 Å². The first-order chi connectivity index (χ1) is 43.4. The molecule has 0 saturated heterocycles. The third kappa shape index (κ3) is 9.98. The van der Waals surface area contributed by atoms with Crippen molar-refractivity contribution >= 4 is 57.2 Å². The van der Waals surface area contributed by atoms with Crippen LogP contribution in [0.2, 0.25) is 0 Å². The smallest absolute Gasteiger partial charge is 0.252 e. The Kier molecular flexibility index (Phi) is 13.8. The first-order valence-corrected chi connectivity index (χ1v) is 31.3. The highest BCUT2D eigenvalue weighted by molar-refractivity contribution is 7.00. The van der Waals surface area contributed by atoms with Crippen molar-refractivity contribution in [2.45, 2.75) is 52.4 Å². The minimum Gasteiger partial charge on any atom is -0.310 e. The number of fused-ring (bicyclic) bond motifs is 4. The number of hydrogen-bond acceptors (Lipinski definition) is 2. The van der Waals surface area contributed by atoms with Gasteiger partial charge in [-0.05, 0) is 154 Å². The molecule has 0 unspecified atom stereocenters. The van der Waals surface area contributed by atoms with Crippen LogP contribution in [0.1, 0.15) is 52.7 Å². The zero-order valence-corrected chi connectivity index (χ0v) is 51.4. The molecule has 0 fully saturated rings. The topological polar surface area (TPSA) is 6.48 Å². The van der Waals surface area contributed by atoms with Crippen LogP contribution in [0.25, 0.3) is 89.0 Å². The molecule has 3 heteroatoms. The van der Waals surface area contributed by atoms with Gasteiger partial charge in [-0.15, -0.1) is 0 Å². The van der Waals surface area contributed by atoms with Crippen LogP contribution in [-0.2, 0) is 10.8 Å². The van der Waals surface area contributed by atoms with Crippen LogP contribution in [0.5, 0.6) is 0 Å². The van der Waals surface area contributed by atoms with Crippen molar-refractivity contribution in [1.82, 2.24) is 0 Å². The lowest BCUT2D eigenvalue weighted by atomic mass is 9.33. The highest BCUT2D eigenvalue weighted by Gasteiger charge is 2.47. The molecule has 2 nitrogen and oxygen atoms in total. The maximum Gasteiger partial charge on any atom is 0.252 e. The highest BCUT2D eigenvalue weighted by Crippen LogP contribution is 2.56. The number of nitrogens with zero attached hydrogens (tertiary/aromatic N) is 2. The fraction of sp³-hybridized carbons (Fsp3) is 0.0930. The van der Waals surface area contributed by atoms with Crippen LogP contribution < -0.4 is 26.2 Å². The SMILES string of the molecule is CC(C)(C)c1cc2c3c(c1)N(c1c(-c4ccccc4)cc(-c4ccccc4)cc1-c1ccccc1)c1cc(C(C)(C)C)c(-c4ccccc4)cc1B3c1cc(-c3ccccc3)ccc1N2c1c(-c2ccccc2)cc(-c2ccccc2)cc1-c1ccccc1. The molecule has 2 aliphatic heterocycles. The van der Waals surface area contributed by atoms with Crippen molar-refractivity contribution in [2.24, 2.45) is 0 Å². The lowest BCUT2D eigenvalue weighted by Gasteiger charge is -2.47. The number of benzene rings is 13. The Bertz CT molecular complexity index is 4620. The van der Waals surface area contributed by atoms with E-state index in [1.807, 2.05) is 0 Å². The fourth-order valence-corrected chi connectivity index (χ4v) is 13.9. The van der Waals surface area contributed by atoms with Gasteiger partial charge < -0.3 is 9.80 Å². The van der Waals surface area contributed by atoms with E-state index in [-0.39, 0.29) is 17.5 Å². The number of rotatable bonds is 10. The summed E-state index contributed by atoms with van der Waals surface area (Å²) >= 11 is 0. The lowest BCUT2D eigenvalue weighted by Crippen LogP contribution is -2.61. The van der Waals surface area contributed by atoms with Gasteiger partial charge in [-0.25, -0.2) is 0 Å². The van der Waals surface area contributed by atoms with Crippen LogP contribution in [-0.4, -0.2) is 6.71 Å². The van der Waals surface area contributed by atoms with E-state index in [0.717, 1.165) is 72.7 Å². The van der Waals surface area contributed by atoms with Crippen LogP contribution >= 0.6 is 0 Å². The average molecular weight is 1140 g/mol. The van der Waals surface area contributed by atoms with Crippen molar-refractivity contribution in [3.63, 3.8) is 0 Å². The zero-order valence-electron chi connectivity index (χ0n) is 51.4. The summed E-state index contributed by atoms with van der Waals surface area (Å²) in [5, 5.41) is 0. The predicted octanol–water partition coefficient (Wildman–Crippen LogP) is 21.7.